The molecule has 2 aliphatic rings. The lowest BCUT2D eigenvalue weighted by atomic mass is 9.80. The second-order valence-electron chi connectivity index (χ2n) is 6.85. The maximum atomic E-state index is 14.2. The van der Waals surface area contributed by atoms with Crippen molar-refractivity contribution >= 4 is 27.5 Å². The van der Waals surface area contributed by atoms with Gasteiger partial charge in [0.15, 0.2) is 0 Å². The maximum Gasteiger partial charge on any atom is 0.461 e. The fourth-order valence-electron chi connectivity index (χ4n) is 3.54. The summed E-state index contributed by atoms with van der Waals surface area (Å²) >= 11 is 0. The summed E-state index contributed by atoms with van der Waals surface area (Å²) in [7, 11) is -5.45. The fourth-order valence-corrected chi connectivity index (χ4v) is 4.38. The number of esters is 1. The molecular formula is C17H20F2N2O4S. The molecule has 1 aliphatic carbocycles. The van der Waals surface area contributed by atoms with Gasteiger partial charge in [0.25, 0.3) is 0 Å². The number of hydrogen-bond donors (Lipinski definition) is 1. The van der Waals surface area contributed by atoms with Crippen molar-refractivity contribution in [1.29, 1.82) is 0 Å². The van der Waals surface area contributed by atoms with Gasteiger partial charge >= 0.3 is 21.2 Å². The van der Waals surface area contributed by atoms with Crippen LogP contribution in [-0.2, 0) is 25.0 Å². The number of nitrogens with zero attached hydrogens (tertiary/aromatic N) is 1. The van der Waals surface area contributed by atoms with E-state index in [0.29, 0.717) is 18.5 Å². The summed E-state index contributed by atoms with van der Waals surface area (Å²) in [4.78, 5) is 11.6. The number of alkyl halides is 2. The molecule has 0 atom stereocenters. The lowest BCUT2D eigenvalue weighted by Gasteiger charge is -2.24. The van der Waals surface area contributed by atoms with Crippen molar-refractivity contribution in [3.05, 3.63) is 29.8 Å². The van der Waals surface area contributed by atoms with Gasteiger partial charge in [0.05, 0.1) is 11.5 Å². The van der Waals surface area contributed by atoms with Gasteiger partial charge in [0.1, 0.15) is 5.84 Å². The number of carbonyl (C=O) groups is 1. The van der Waals surface area contributed by atoms with Crippen LogP contribution in [0, 0.1) is 0 Å². The number of sulfonamides is 1. The topological polar surface area (TPSA) is 84.8 Å². The smallest absolute Gasteiger partial charge is 0.458 e. The number of para-hydroxylation sites is 1. The summed E-state index contributed by atoms with van der Waals surface area (Å²) in [6.45, 7) is 2.71. The normalized spacial score (nSPS) is 20.4. The van der Waals surface area contributed by atoms with Gasteiger partial charge in [-0.1, -0.05) is 31.0 Å². The third kappa shape index (κ3) is 2.87. The maximum absolute atomic E-state index is 14.2. The Labute approximate surface area is 150 Å². The van der Waals surface area contributed by atoms with Crippen LogP contribution in [0.1, 0.15) is 45.1 Å². The van der Waals surface area contributed by atoms with Crippen LogP contribution in [0.3, 0.4) is 0 Å². The number of carbonyl (C=O) groups excluding carboxylic acids is 1. The van der Waals surface area contributed by atoms with E-state index in [1.807, 2.05) is 12.1 Å². The Hall–Kier alpha value is -2.03. The molecule has 6 nitrogen and oxygen atoms in total. The highest BCUT2D eigenvalue weighted by Crippen LogP contribution is 2.49. The Morgan fingerprint density at radius 2 is 1.88 bits per heavy atom. The minimum atomic E-state index is -5.45. The molecule has 9 heteroatoms. The number of halogens is 2. The standard InChI is InChI=1S/C17H20F2N2O4S/c1-11(2)25-15(22)17(18,19)26(23,24)21-14-16(9-5-6-10-16)12-7-3-4-8-13(12)20-14/h3-4,7-8,11H,5-6,9-10H2,1-2H3,(H,20,21). The van der Waals surface area contributed by atoms with Gasteiger partial charge in [0, 0.05) is 5.69 Å². The number of benzene rings is 1. The quantitative estimate of drug-likeness (QED) is 0.804. The highest BCUT2D eigenvalue weighted by Gasteiger charge is 2.57. The van der Waals surface area contributed by atoms with Crippen molar-refractivity contribution in [2.75, 3.05) is 5.32 Å². The molecule has 3 rings (SSSR count). The van der Waals surface area contributed by atoms with Crippen LogP contribution < -0.4 is 5.32 Å². The average Bonchev–Trinajstić information content (AvgIpc) is 3.14. The van der Waals surface area contributed by atoms with Gasteiger partial charge in [-0.15, -0.1) is 4.40 Å². The number of fused-ring (bicyclic) bond motifs is 2. The Kier molecular flexibility index (Phi) is 4.54. The molecule has 1 spiro atoms. The van der Waals surface area contributed by atoms with E-state index >= 15 is 0 Å². The van der Waals surface area contributed by atoms with E-state index in [0.717, 1.165) is 18.4 Å². The predicted molar refractivity (Wildman–Crippen MR) is 92.7 cm³/mol. The van der Waals surface area contributed by atoms with Crippen LogP contribution in [0.15, 0.2) is 28.7 Å². The van der Waals surface area contributed by atoms with Gasteiger partial charge < -0.3 is 10.1 Å². The molecule has 0 amide bonds. The number of nitrogens with one attached hydrogen (secondary N) is 1. The molecule has 1 heterocycles. The number of hydrogen-bond acceptors (Lipinski definition) is 4. The van der Waals surface area contributed by atoms with Crippen molar-refractivity contribution in [2.24, 2.45) is 4.40 Å². The fraction of sp³-hybridized carbons (Fsp3) is 0.529. The zero-order chi connectivity index (χ0) is 19.2. The first kappa shape index (κ1) is 18.8. The summed E-state index contributed by atoms with van der Waals surface area (Å²) in [5.41, 5.74) is 0.762. The van der Waals surface area contributed by atoms with Crippen LogP contribution in [0.4, 0.5) is 14.5 Å². The highest BCUT2D eigenvalue weighted by atomic mass is 32.2. The van der Waals surface area contributed by atoms with E-state index in [2.05, 4.69) is 14.5 Å². The van der Waals surface area contributed by atoms with E-state index in [1.54, 1.807) is 12.1 Å². The first-order valence-electron chi connectivity index (χ1n) is 8.40. The molecule has 0 radical (unpaired) electrons. The summed E-state index contributed by atoms with van der Waals surface area (Å²) in [5.74, 6) is -2.17. The molecule has 1 aromatic rings. The van der Waals surface area contributed by atoms with Gasteiger partial charge in [-0.25, -0.2) is 4.79 Å². The van der Waals surface area contributed by atoms with Crippen molar-refractivity contribution in [3.8, 4) is 0 Å². The summed E-state index contributed by atoms with van der Waals surface area (Å²) in [6, 6.07) is 7.16. The monoisotopic (exact) mass is 386 g/mol. The van der Waals surface area contributed by atoms with Crippen molar-refractivity contribution in [1.82, 2.24) is 0 Å². The second-order valence-corrected chi connectivity index (χ2v) is 8.49. The first-order chi connectivity index (χ1) is 12.1. The Morgan fingerprint density at radius 3 is 2.50 bits per heavy atom. The average molecular weight is 386 g/mol. The molecule has 1 aliphatic heterocycles. The molecule has 26 heavy (non-hydrogen) atoms. The summed E-state index contributed by atoms with van der Waals surface area (Å²) in [6.07, 6.45) is 2.01. The van der Waals surface area contributed by atoms with Crippen LogP contribution in [-0.4, -0.2) is 31.6 Å². The minimum absolute atomic E-state index is 0.0479. The van der Waals surface area contributed by atoms with Gasteiger partial charge in [-0.2, -0.15) is 17.2 Å². The lowest BCUT2D eigenvalue weighted by Crippen LogP contribution is -2.41. The SMILES string of the molecule is CC(C)OC(=O)C(F)(F)S(=O)(=O)/N=C1\Nc2ccccc2C12CCCC2. The van der Waals surface area contributed by atoms with Gasteiger partial charge in [0.2, 0.25) is 0 Å². The molecule has 0 aromatic heterocycles. The van der Waals surface area contributed by atoms with Crippen LogP contribution >= 0.6 is 0 Å². The number of anilines is 1. The predicted octanol–water partition coefficient (Wildman–Crippen LogP) is 3.20. The van der Waals surface area contributed by atoms with Gasteiger partial charge in [-0.3, -0.25) is 0 Å². The summed E-state index contributed by atoms with van der Waals surface area (Å²) in [5, 5.41) is -1.89. The second kappa shape index (κ2) is 6.29. The number of amidine groups is 1. The first-order valence-corrected chi connectivity index (χ1v) is 9.84. The third-order valence-electron chi connectivity index (χ3n) is 4.72. The number of ether oxygens (including phenoxy) is 1. The Bertz CT molecular complexity index is 859. The van der Waals surface area contributed by atoms with E-state index in [1.165, 1.54) is 13.8 Å². The van der Waals surface area contributed by atoms with E-state index < -0.39 is 32.8 Å². The molecule has 0 bridgehead atoms. The van der Waals surface area contributed by atoms with Crippen LogP contribution in [0.2, 0.25) is 0 Å². The summed E-state index contributed by atoms with van der Waals surface area (Å²) < 4.78 is 60.7. The van der Waals surface area contributed by atoms with E-state index in [-0.39, 0.29) is 5.84 Å². The zero-order valence-electron chi connectivity index (χ0n) is 14.5. The molecular weight excluding hydrogens is 366 g/mol. The molecule has 1 aromatic carbocycles. The molecule has 1 N–H and O–H groups in total. The van der Waals surface area contributed by atoms with E-state index in [4.69, 9.17) is 0 Å². The van der Waals surface area contributed by atoms with Crippen LogP contribution in [0.25, 0.3) is 0 Å². The third-order valence-corrected chi connectivity index (χ3v) is 5.96. The Morgan fingerprint density at radius 1 is 1.27 bits per heavy atom. The van der Waals surface area contributed by atoms with E-state index in [9.17, 15) is 22.0 Å². The van der Waals surface area contributed by atoms with Crippen molar-refractivity contribution in [2.45, 2.75) is 56.3 Å². The molecule has 1 saturated carbocycles. The van der Waals surface area contributed by atoms with Crippen molar-refractivity contribution in [3.63, 3.8) is 0 Å². The van der Waals surface area contributed by atoms with Crippen LogP contribution in [0.5, 0.6) is 0 Å². The minimum Gasteiger partial charge on any atom is -0.458 e. The highest BCUT2D eigenvalue weighted by molar-refractivity contribution is 7.92. The molecule has 1 fully saturated rings. The molecule has 142 valence electrons. The zero-order valence-corrected chi connectivity index (χ0v) is 15.3. The van der Waals surface area contributed by atoms with Crippen molar-refractivity contribution < 1.29 is 26.7 Å². The molecule has 0 unspecified atom stereocenters. The lowest BCUT2D eigenvalue weighted by molar-refractivity contribution is -0.164. The Balaban J connectivity index is 2.02. The largest absolute Gasteiger partial charge is 0.461 e. The van der Waals surface area contributed by atoms with Gasteiger partial charge in [-0.05, 0) is 38.3 Å². The molecule has 0 saturated heterocycles. The number of rotatable bonds is 4.